The summed E-state index contributed by atoms with van der Waals surface area (Å²) >= 11 is 0. The maximum Gasteiger partial charge on any atom is 1.00 e. The fourth-order valence-corrected chi connectivity index (χ4v) is 3.89. The van der Waals surface area contributed by atoms with E-state index >= 15 is 0 Å². The zero-order valence-electron chi connectivity index (χ0n) is 24.3. The minimum atomic E-state index is -5.18. The first-order valence-corrected chi connectivity index (χ1v) is 15.0. The Morgan fingerprint density at radius 3 is 1.92 bits per heavy atom. The van der Waals surface area contributed by atoms with E-state index in [4.69, 9.17) is 14.2 Å². The van der Waals surface area contributed by atoms with E-state index in [9.17, 15) is 23.9 Å². The van der Waals surface area contributed by atoms with Crippen LogP contribution in [-0.2, 0) is 32.9 Å². The van der Waals surface area contributed by atoms with Crippen LogP contribution in [0.3, 0.4) is 0 Å². The van der Waals surface area contributed by atoms with Crippen LogP contribution in [0.1, 0.15) is 110 Å². The number of esters is 1. The van der Waals surface area contributed by atoms with Gasteiger partial charge in [-0.2, -0.15) is 0 Å². The zero-order valence-corrected chi connectivity index (χ0v) is 29.2. The van der Waals surface area contributed by atoms with Crippen LogP contribution in [0.15, 0.2) is 0 Å². The van der Waals surface area contributed by atoms with Gasteiger partial charge in [-0.25, -0.2) is 0 Å². The van der Waals surface area contributed by atoms with Crippen LogP contribution in [0.2, 0.25) is 0 Å². The normalized spacial score (nSPS) is 11.8. The van der Waals surface area contributed by atoms with Crippen LogP contribution >= 0.6 is 7.82 Å². The predicted molar refractivity (Wildman–Crippen MR) is 134 cm³/mol. The van der Waals surface area contributed by atoms with Crippen molar-refractivity contribution in [3.8, 4) is 0 Å². The second kappa shape index (κ2) is 30.9. The fourth-order valence-electron chi connectivity index (χ4n) is 3.54. The summed E-state index contributed by atoms with van der Waals surface area (Å²) in [5.41, 5.74) is 0. The summed E-state index contributed by atoms with van der Waals surface area (Å²) in [7, 11) is -5.18. The third-order valence-electron chi connectivity index (χ3n) is 5.51. The van der Waals surface area contributed by atoms with Gasteiger partial charge in [0.1, 0.15) is 12.9 Å². The molecule has 0 heterocycles. The van der Waals surface area contributed by atoms with Crippen molar-refractivity contribution in [3.63, 3.8) is 0 Å². The monoisotopic (exact) mass is 583 g/mol. The molecule has 0 radical (unpaired) electrons. The minimum Gasteiger partial charge on any atom is -0.790 e. The van der Waals surface area contributed by atoms with Crippen molar-refractivity contribution in [2.75, 3.05) is 33.2 Å². The van der Waals surface area contributed by atoms with E-state index in [0.29, 0.717) is 19.6 Å². The molecule has 0 saturated carbocycles. The number of carbonyl (C=O) groups excluding carboxylic acids is 2. The number of phosphoric acid groups is 1. The molecule has 13 heteroatoms. The van der Waals surface area contributed by atoms with Gasteiger partial charge >= 0.3 is 65.1 Å². The van der Waals surface area contributed by atoms with Gasteiger partial charge in [0, 0.05) is 26.5 Å². The van der Waals surface area contributed by atoms with Gasteiger partial charge in [0.05, 0.1) is 21.0 Å². The van der Waals surface area contributed by atoms with Gasteiger partial charge in [0.15, 0.2) is 0 Å². The molecule has 0 bridgehead atoms. The number of carbonyl (C=O) groups is 2. The van der Waals surface area contributed by atoms with Gasteiger partial charge in [0.25, 0.3) is 0 Å². The molecule has 214 valence electrons. The number of ether oxygens (including phenoxy) is 3. The molecule has 0 fully saturated rings. The molecule has 0 aromatic carbocycles. The molecule has 0 rings (SSSR count). The third kappa shape index (κ3) is 35.0. The van der Waals surface area contributed by atoms with E-state index in [2.05, 4.69) is 16.8 Å². The number of hydrogen-bond acceptors (Lipinski definition) is 9. The molecule has 38 heavy (non-hydrogen) atoms. The Hall–Kier alpha value is 0.970. The molecular formula is C25H48NNa2O9P. The Morgan fingerprint density at radius 2 is 1.34 bits per heavy atom. The van der Waals surface area contributed by atoms with E-state index in [1.807, 2.05) is 0 Å². The smallest absolute Gasteiger partial charge is 0.790 e. The van der Waals surface area contributed by atoms with Gasteiger partial charge in [-0.15, -0.1) is 0 Å². The van der Waals surface area contributed by atoms with Crippen LogP contribution in [-0.4, -0.2) is 51.1 Å². The molecule has 0 aliphatic heterocycles. The van der Waals surface area contributed by atoms with Crippen molar-refractivity contribution in [1.29, 1.82) is 0 Å². The molecule has 0 unspecified atom stereocenters. The number of rotatable bonds is 26. The zero-order chi connectivity index (χ0) is 26.9. The van der Waals surface area contributed by atoms with Gasteiger partial charge in [-0.3, -0.25) is 9.59 Å². The largest absolute Gasteiger partial charge is 1.00 e. The van der Waals surface area contributed by atoms with Crippen molar-refractivity contribution in [1.82, 2.24) is 5.32 Å². The SMILES string of the molecule is CCCCCCCCCCCC(=O)O[C@@H](COCOCCCCCCCNC(C)=O)COP(=O)([O-])[O-].[Na+].[Na+]. The second-order valence-electron chi connectivity index (χ2n) is 9.08. The van der Waals surface area contributed by atoms with Crippen LogP contribution in [0.25, 0.3) is 0 Å². The summed E-state index contributed by atoms with van der Waals surface area (Å²) in [6.07, 6.45) is 14.2. The Bertz CT molecular complexity index is 597. The molecule has 0 aromatic rings. The maximum absolute atomic E-state index is 12.1. The van der Waals surface area contributed by atoms with Gasteiger partial charge < -0.3 is 38.4 Å². The average molecular weight is 584 g/mol. The Balaban J connectivity index is -0.00000612. The summed E-state index contributed by atoms with van der Waals surface area (Å²) in [6.45, 7) is 4.15. The summed E-state index contributed by atoms with van der Waals surface area (Å²) in [4.78, 5) is 44.5. The van der Waals surface area contributed by atoms with Gasteiger partial charge in [-0.05, 0) is 19.3 Å². The minimum absolute atomic E-state index is 0. The van der Waals surface area contributed by atoms with Crippen molar-refractivity contribution in [3.05, 3.63) is 0 Å². The summed E-state index contributed by atoms with van der Waals surface area (Å²) in [5.74, 6) is -0.484. The van der Waals surface area contributed by atoms with E-state index in [1.165, 1.54) is 39.0 Å². The van der Waals surface area contributed by atoms with Crippen molar-refractivity contribution >= 4 is 19.7 Å². The summed E-state index contributed by atoms with van der Waals surface area (Å²) < 4.78 is 31.0. The van der Waals surface area contributed by atoms with Crippen LogP contribution < -0.4 is 74.2 Å². The Kier molecular flexibility index (Phi) is 35.3. The molecule has 1 atom stereocenters. The summed E-state index contributed by atoms with van der Waals surface area (Å²) in [6, 6.07) is 0. The summed E-state index contributed by atoms with van der Waals surface area (Å²) in [5, 5.41) is 2.76. The quantitative estimate of drug-likeness (QED) is 0.0392. The van der Waals surface area contributed by atoms with Crippen molar-refractivity contribution in [2.45, 2.75) is 116 Å². The molecule has 1 amide bonds. The first-order chi connectivity index (χ1) is 17.2. The van der Waals surface area contributed by atoms with E-state index in [1.54, 1.807) is 0 Å². The second-order valence-corrected chi connectivity index (χ2v) is 10.2. The number of phosphoric ester groups is 1. The fraction of sp³-hybridized carbons (Fsp3) is 0.920. The van der Waals surface area contributed by atoms with Crippen LogP contribution in [0.4, 0.5) is 0 Å². The topological polar surface area (TPSA) is 146 Å². The van der Waals surface area contributed by atoms with E-state index < -0.39 is 26.5 Å². The van der Waals surface area contributed by atoms with E-state index in [-0.39, 0.29) is 84.8 Å². The standard InChI is InChI=1S/C25H50NO9P.2Na/c1-3-4-5-6-7-8-9-11-14-17-25(28)35-24(21-34-36(29,30)31)20-33-22-32-19-16-13-10-12-15-18-26-23(2)27;;/h24H,3-22H2,1-2H3,(H,26,27)(H2,29,30,31);;/q;2*+1/p-2/t24-;;/m0../s1. The Morgan fingerprint density at radius 1 is 0.789 bits per heavy atom. The maximum atomic E-state index is 12.1. The molecule has 0 saturated heterocycles. The first-order valence-electron chi connectivity index (χ1n) is 13.5. The van der Waals surface area contributed by atoms with Crippen LogP contribution in [0.5, 0.6) is 0 Å². The van der Waals surface area contributed by atoms with Crippen LogP contribution in [0, 0.1) is 0 Å². The number of hydrogen-bond donors (Lipinski definition) is 1. The molecular weight excluding hydrogens is 535 g/mol. The number of nitrogens with one attached hydrogen (secondary N) is 1. The molecule has 0 aliphatic carbocycles. The molecule has 0 aromatic heterocycles. The molecule has 0 spiro atoms. The molecule has 1 N–H and O–H groups in total. The van der Waals surface area contributed by atoms with E-state index in [0.717, 1.165) is 51.4 Å². The number of amides is 1. The average Bonchev–Trinajstić information content (AvgIpc) is 2.81. The molecule has 0 aliphatic rings. The van der Waals surface area contributed by atoms with Crippen molar-refractivity contribution < 1.29 is 102 Å². The third-order valence-corrected chi connectivity index (χ3v) is 5.98. The number of unbranched alkanes of at least 4 members (excludes halogenated alkanes) is 12. The van der Waals surface area contributed by atoms with Crippen molar-refractivity contribution in [2.24, 2.45) is 0 Å². The van der Waals surface area contributed by atoms with Gasteiger partial charge in [0.2, 0.25) is 5.91 Å². The van der Waals surface area contributed by atoms with Gasteiger partial charge in [-0.1, -0.05) is 77.6 Å². The molecule has 10 nitrogen and oxygen atoms in total. The predicted octanol–water partition coefficient (Wildman–Crippen LogP) is -2.25. The Labute approximate surface area is 274 Å². The first kappa shape index (κ1) is 43.4.